The molecule has 2 amide bonds. The first-order chi connectivity index (χ1) is 16.1. The molecule has 4 heterocycles. The summed E-state index contributed by atoms with van der Waals surface area (Å²) in [5, 5.41) is 4.38. The topological polar surface area (TPSA) is 113 Å². The molecule has 2 unspecified atom stereocenters. The lowest BCUT2D eigenvalue weighted by atomic mass is 9.91. The summed E-state index contributed by atoms with van der Waals surface area (Å²) < 4.78 is 7.17. The highest BCUT2D eigenvalue weighted by atomic mass is 16.6. The van der Waals surface area contributed by atoms with Crippen molar-refractivity contribution in [3.63, 3.8) is 0 Å². The fourth-order valence-corrected chi connectivity index (χ4v) is 5.42. The molecule has 2 bridgehead atoms. The minimum atomic E-state index is -0.559. The largest absolute Gasteiger partial charge is 0.444 e. The van der Waals surface area contributed by atoms with E-state index in [4.69, 9.17) is 4.74 Å². The first-order valence-electron chi connectivity index (χ1n) is 12.1. The number of carbonyl (C=O) groups is 2. The number of nitrogens with zero attached hydrogens (tertiary/aromatic N) is 5. The zero-order chi connectivity index (χ0) is 24.2. The molecule has 34 heavy (non-hydrogen) atoms. The summed E-state index contributed by atoms with van der Waals surface area (Å²) in [6, 6.07) is -0.118. The van der Waals surface area contributed by atoms with Gasteiger partial charge >= 0.3 is 6.09 Å². The van der Waals surface area contributed by atoms with Crippen molar-refractivity contribution in [3.05, 3.63) is 39.1 Å². The Bertz CT molecular complexity index is 1180. The number of ether oxygens (including phenoxy) is 1. The number of rotatable bonds is 2. The predicted molar refractivity (Wildman–Crippen MR) is 124 cm³/mol. The summed E-state index contributed by atoms with van der Waals surface area (Å²) in [5.41, 5.74) is 1.98. The predicted octanol–water partition coefficient (Wildman–Crippen LogP) is 2.37. The van der Waals surface area contributed by atoms with Gasteiger partial charge in [-0.2, -0.15) is 5.10 Å². The van der Waals surface area contributed by atoms with Crippen LogP contribution >= 0.6 is 0 Å². The van der Waals surface area contributed by atoms with Crippen molar-refractivity contribution >= 4 is 12.0 Å². The van der Waals surface area contributed by atoms with Gasteiger partial charge in [0, 0.05) is 18.7 Å². The van der Waals surface area contributed by atoms with Gasteiger partial charge in [0.25, 0.3) is 11.5 Å². The van der Waals surface area contributed by atoms with E-state index in [0.29, 0.717) is 30.3 Å². The highest BCUT2D eigenvalue weighted by Crippen LogP contribution is 2.31. The van der Waals surface area contributed by atoms with Crippen molar-refractivity contribution in [1.29, 1.82) is 0 Å². The lowest BCUT2D eigenvalue weighted by molar-refractivity contribution is -0.0334. The Morgan fingerprint density at radius 1 is 1.12 bits per heavy atom. The summed E-state index contributed by atoms with van der Waals surface area (Å²) in [5.74, 6) is 0.224. The fraction of sp³-hybridized carbons (Fsp3) is 0.625. The molecule has 0 spiro atoms. The molecule has 2 aromatic rings. The molecule has 3 aliphatic rings. The third-order valence-corrected chi connectivity index (χ3v) is 6.99. The number of likely N-dealkylation sites (tertiary alicyclic amines) is 1. The van der Waals surface area contributed by atoms with Crippen molar-refractivity contribution in [2.75, 3.05) is 13.1 Å². The molecule has 10 heteroatoms. The maximum Gasteiger partial charge on any atom is 0.410 e. The van der Waals surface area contributed by atoms with E-state index in [2.05, 4.69) is 15.1 Å². The average molecular weight is 469 g/mol. The maximum atomic E-state index is 13.5. The van der Waals surface area contributed by atoms with Gasteiger partial charge < -0.3 is 9.64 Å². The Morgan fingerprint density at radius 2 is 1.82 bits per heavy atom. The van der Waals surface area contributed by atoms with Gasteiger partial charge in [-0.05, 0) is 66.2 Å². The molecule has 0 radical (unpaired) electrons. The average Bonchev–Trinajstić information content (AvgIpc) is 3.37. The van der Waals surface area contributed by atoms with Crippen molar-refractivity contribution in [3.8, 4) is 5.95 Å². The van der Waals surface area contributed by atoms with Crippen molar-refractivity contribution in [2.45, 2.75) is 83.9 Å². The Morgan fingerprint density at radius 3 is 2.50 bits per heavy atom. The maximum absolute atomic E-state index is 13.5. The molecule has 2 aliphatic heterocycles. The second-order valence-corrected chi connectivity index (χ2v) is 10.6. The van der Waals surface area contributed by atoms with Gasteiger partial charge in [0.2, 0.25) is 5.95 Å². The number of aromatic amines is 1. The van der Waals surface area contributed by atoms with Crippen LogP contribution in [0.4, 0.5) is 4.79 Å². The number of nitrogens with one attached hydrogen (secondary N) is 1. The van der Waals surface area contributed by atoms with Crippen LogP contribution in [0.25, 0.3) is 5.95 Å². The minimum absolute atomic E-state index is 0.0589. The number of amides is 2. The van der Waals surface area contributed by atoms with E-state index in [-0.39, 0.29) is 29.6 Å². The standard InChI is InChI=1S/C24H32N6O4/c1-14-18(11-25-30(14)22-26-19-10-6-9-17(19)20(31)27-22)21(32)28-12-15-7-5-8-16(13-28)29(15)23(33)34-24(2,3)4/h11,15-16H,5-10,12-13H2,1-4H3,(H,26,27,31). The highest BCUT2D eigenvalue weighted by Gasteiger charge is 2.43. The lowest BCUT2D eigenvalue weighted by Crippen LogP contribution is -2.64. The van der Waals surface area contributed by atoms with Crippen LogP contribution in [0, 0.1) is 6.92 Å². The van der Waals surface area contributed by atoms with Crippen LogP contribution < -0.4 is 5.56 Å². The number of piperazine rings is 1. The number of hydrogen-bond acceptors (Lipinski definition) is 6. The van der Waals surface area contributed by atoms with Gasteiger partial charge in [0.15, 0.2) is 0 Å². The number of piperidine rings is 1. The highest BCUT2D eigenvalue weighted by molar-refractivity contribution is 5.95. The summed E-state index contributed by atoms with van der Waals surface area (Å²) in [7, 11) is 0. The summed E-state index contributed by atoms with van der Waals surface area (Å²) in [4.78, 5) is 49.9. The van der Waals surface area contributed by atoms with Gasteiger partial charge in [-0.15, -0.1) is 0 Å². The summed E-state index contributed by atoms with van der Waals surface area (Å²) >= 11 is 0. The number of fused-ring (bicyclic) bond motifs is 3. The fourth-order valence-electron chi connectivity index (χ4n) is 5.42. The molecule has 2 aromatic heterocycles. The quantitative estimate of drug-likeness (QED) is 0.724. The van der Waals surface area contributed by atoms with Crippen LogP contribution in [-0.2, 0) is 17.6 Å². The first kappa shape index (κ1) is 22.6. The normalized spacial score (nSPS) is 22.0. The molecule has 2 atom stereocenters. The van der Waals surface area contributed by atoms with Crippen molar-refractivity contribution in [1.82, 2.24) is 29.5 Å². The monoisotopic (exact) mass is 468 g/mol. The first-order valence-corrected chi connectivity index (χ1v) is 12.1. The Balaban J connectivity index is 1.37. The van der Waals surface area contributed by atoms with Crippen molar-refractivity contribution < 1.29 is 14.3 Å². The van der Waals surface area contributed by atoms with Crippen LogP contribution in [0.5, 0.6) is 0 Å². The van der Waals surface area contributed by atoms with Gasteiger partial charge in [-0.25, -0.2) is 14.5 Å². The van der Waals surface area contributed by atoms with E-state index in [9.17, 15) is 14.4 Å². The van der Waals surface area contributed by atoms with Crippen LogP contribution in [0.15, 0.2) is 11.0 Å². The molecule has 0 aromatic carbocycles. The molecule has 0 saturated carbocycles. The zero-order valence-electron chi connectivity index (χ0n) is 20.3. The van der Waals surface area contributed by atoms with Gasteiger partial charge in [0.05, 0.1) is 35.2 Å². The van der Waals surface area contributed by atoms with E-state index >= 15 is 0 Å². The lowest BCUT2D eigenvalue weighted by Gasteiger charge is -2.49. The number of hydrogen-bond donors (Lipinski definition) is 1. The molecule has 2 fully saturated rings. The van der Waals surface area contributed by atoms with Gasteiger partial charge in [0.1, 0.15) is 5.60 Å². The molecule has 5 rings (SSSR count). The van der Waals surface area contributed by atoms with Crippen LogP contribution in [-0.4, -0.2) is 72.3 Å². The molecule has 10 nitrogen and oxygen atoms in total. The SMILES string of the molecule is Cc1c(C(=O)N2CC3CCCC(C2)N3C(=O)OC(C)(C)C)cnn1-c1nc2c(c(=O)[nH]1)CCC2. The summed E-state index contributed by atoms with van der Waals surface area (Å²) in [6.45, 7) is 8.34. The zero-order valence-corrected chi connectivity index (χ0v) is 20.3. The third-order valence-electron chi connectivity index (χ3n) is 6.99. The Labute approximate surface area is 198 Å². The molecule has 1 N–H and O–H groups in total. The van der Waals surface area contributed by atoms with Crippen LogP contribution in [0.2, 0.25) is 0 Å². The number of carbonyl (C=O) groups excluding carboxylic acids is 2. The van der Waals surface area contributed by atoms with Gasteiger partial charge in [-0.3, -0.25) is 19.5 Å². The van der Waals surface area contributed by atoms with E-state index < -0.39 is 5.60 Å². The van der Waals surface area contributed by atoms with Crippen LogP contribution in [0.1, 0.15) is 73.8 Å². The molecule has 182 valence electrons. The van der Waals surface area contributed by atoms with E-state index in [1.54, 1.807) is 6.20 Å². The molecular formula is C24H32N6O4. The van der Waals surface area contributed by atoms with E-state index in [0.717, 1.165) is 49.8 Å². The van der Waals surface area contributed by atoms with Crippen LogP contribution in [0.3, 0.4) is 0 Å². The Kier molecular flexibility index (Phi) is 5.49. The van der Waals surface area contributed by atoms with Gasteiger partial charge in [-0.1, -0.05) is 0 Å². The number of aryl methyl sites for hydroxylation is 1. The van der Waals surface area contributed by atoms with E-state index in [1.807, 2.05) is 37.5 Å². The number of H-pyrrole nitrogens is 1. The summed E-state index contributed by atoms with van der Waals surface area (Å²) in [6.07, 6.45) is 6.42. The minimum Gasteiger partial charge on any atom is -0.444 e. The number of aromatic nitrogens is 4. The second kappa shape index (κ2) is 8.25. The van der Waals surface area contributed by atoms with E-state index in [1.165, 1.54) is 4.68 Å². The molecule has 2 saturated heterocycles. The molecule has 1 aliphatic carbocycles. The second-order valence-electron chi connectivity index (χ2n) is 10.6. The van der Waals surface area contributed by atoms with Crippen molar-refractivity contribution in [2.24, 2.45) is 0 Å². The smallest absolute Gasteiger partial charge is 0.410 e. The third kappa shape index (κ3) is 3.99. The molecular weight excluding hydrogens is 436 g/mol. The Hall–Kier alpha value is -3.17.